The van der Waals surface area contributed by atoms with E-state index >= 15 is 0 Å². The van der Waals surface area contributed by atoms with Crippen LogP contribution in [0, 0.1) is 6.92 Å². The molecule has 0 amide bonds. The Bertz CT molecular complexity index is 836. The fraction of sp³-hybridized carbons (Fsp3) is 0.478. The highest BCUT2D eigenvalue weighted by molar-refractivity contribution is 14.0. The minimum Gasteiger partial charge on any atom is -0.493 e. The molecular weight excluding hydrogens is 491 g/mol. The molecule has 0 aliphatic heterocycles. The first-order chi connectivity index (χ1) is 14.1. The Morgan fingerprint density at radius 1 is 1.13 bits per heavy atom. The molecule has 166 valence electrons. The molecule has 1 heterocycles. The first-order valence-corrected chi connectivity index (χ1v) is 10.5. The van der Waals surface area contributed by atoms with Gasteiger partial charge in [0.15, 0.2) is 5.96 Å². The molecule has 7 heteroatoms. The highest BCUT2D eigenvalue weighted by Crippen LogP contribution is 2.21. The number of rotatable bonds is 11. The van der Waals surface area contributed by atoms with Crippen LogP contribution in [-0.4, -0.2) is 30.2 Å². The molecule has 1 aromatic carbocycles. The summed E-state index contributed by atoms with van der Waals surface area (Å²) in [4.78, 5) is 16.4. The predicted octanol–water partition coefficient (Wildman–Crippen LogP) is 4.10. The number of hydrogen-bond donors (Lipinski definition) is 2. The van der Waals surface area contributed by atoms with Crippen LogP contribution in [0.5, 0.6) is 5.75 Å². The Hall–Kier alpha value is -2.03. The number of nitrogens with one attached hydrogen (secondary N) is 2. The van der Waals surface area contributed by atoms with Crippen LogP contribution in [0.4, 0.5) is 0 Å². The van der Waals surface area contributed by atoms with Crippen LogP contribution in [-0.2, 0) is 13.1 Å². The molecular formula is C23H35IN4O2. The molecule has 0 aliphatic carbocycles. The molecule has 1 aromatic heterocycles. The molecule has 2 aromatic rings. The highest BCUT2D eigenvalue weighted by atomic mass is 127. The summed E-state index contributed by atoms with van der Waals surface area (Å²) in [5.74, 6) is 1.71. The number of pyridine rings is 1. The van der Waals surface area contributed by atoms with E-state index < -0.39 is 0 Å². The SMILES string of the molecule is CCCOc1cc(C)ccc1CN=C(NCC)NCCCCn1ccccc1=O.I. The van der Waals surface area contributed by atoms with E-state index in [1.54, 1.807) is 16.7 Å². The Balaban J connectivity index is 0.00000450. The number of guanidine groups is 1. The number of aliphatic imine (C=N–C) groups is 1. The van der Waals surface area contributed by atoms with Gasteiger partial charge in [-0.05, 0) is 50.8 Å². The van der Waals surface area contributed by atoms with Gasteiger partial charge < -0.3 is 19.9 Å². The van der Waals surface area contributed by atoms with E-state index in [4.69, 9.17) is 9.73 Å². The van der Waals surface area contributed by atoms with Gasteiger partial charge in [0, 0.05) is 37.5 Å². The molecule has 0 aliphatic rings. The zero-order valence-corrected chi connectivity index (χ0v) is 20.6. The molecule has 30 heavy (non-hydrogen) atoms. The van der Waals surface area contributed by atoms with Gasteiger partial charge in [-0.25, -0.2) is 4.99 Å². The Labute approximate surface area is 197 Å². The summed E-state index contributed by atoms with van der Waals surface area (Å²) in [6.07, 6.45) is 4.71. The lowest BCUT2D eigenvalue weighted by Crippen LogP contribution is -2.37. The lowest BCUT2D eigenvalue weighted by Gasteiger charge is -2.13. The van der Waals surface area contributed by atoms with Gasteiger partial charge in [0.25, 0.3) is 0 Å². The van der Waals surface area contributed by atoms with E-state index in [0.29, 0.717) is 13.2 Å². The average Bonchev–Trinajstić information content (AvgIpc) is 2.72. The van der Waals surface area contributed by atoms with Crippen LogP contribution < -0.4 is 20.9 Å². The van der Waals surface area contributed by atoms with Gasteiger partial charge in [-0.1, -0.05) is 25.1 Å². The fourth-order valence-corrected chi connectivity index (χ4v) is 2.90. The van der Waals surface area contributed by atoms with E-state index in [1.165, 1.54) is 5.56 Å². The minimum atomic E-state index is 0. The van der Waals surface area contributed by atoms with Gasteiger partial charge in [-0.3, -0.25) is 4.79 Å². The van der Waals surface area contributed by atoms with Crippen LogP contribution in [0.1, 0.15) is 44.2 Å². The van der Waals surface area contributed by atoms with Crippen molar-refractivity contribution in [2.45, 2.75) is 53.1 Å². The van der Waals surface area contributed by atoms with Gasteiger partial charge >= 0.3 is 0 Å². The maximum atomic E-state index is 11.7. The smallest absolute Gasteiger partial charge is 0.250 e. The number of hydrogen-bond acceptors (Lipinski definition) is 3. The van der Waals surface area contributed by atoms with E-state index in [0.717, 1.165) is 56.2 Å². The summed E-state index contributed by atoms with van der Waals surface area (Å²) in [5, 5.41) is 6.66. The number of halogens is 1. The number of benzene rings is 1. The topological polar surface area (TPSA) is 67.7 Å². The Kier molecular flexibility index (Phi) is 12.9. The molecule has 0 bridgehead atoms. The van der Waals surface area contributed by atoms with Crippen molar-refractivity contribution >= 4 is 29.9 Å². The molecule has 0 saturated carbocycles. The summed E-state index contributed by atoms with van der Waals surface area (Å²) in [6, 6.07) is 11.5. The zero-order chi connectivity index (χ0) is 20.9. The molecule has 2 N–H and O–H groups in total. The van der Waals surface area contributed by atoms with Crippen molar-refractivity contribution in [1.29, 1.82) is 0 Å². The maximum Gasteiger partial charge on any atom is 0.250 e. The van der Waals surface area contributed by atoms with Crippen molar-refractivity contribution in [2.24, 2.45) is 4.99 Å². The lowest BCUT2D eigenvalue weighted by molar-refractivity contribution is 0.314. The fourth-order valence-electron chi connectivity index (χ4n) is 2.90. The number of aryl methyl sites for hydroxylation is 2. The van der Waals surface area contributed by atoms with Crippen molar-refractivity contribution in [3.63, 3.8) is 0 Å². The molecule has 6 nitrogen and oxygen atoms in total. The molecule has 0 radical (unpaired) electrons. The monoisotopic (exact) mass is 526 g/mol. The van der Waals surface area contributed by atoms with Crippen molar-refractivity contribution in [1.82, 2.24) is 15.2 Å². The summed E-state index contributed by atoms with van der Waals surface area (Å²) < 4.78 is 7.63. The quantitative estimate of drug-likeness (QED) is 0.200. The van der Waals surface area contributed by atoms with Crippen LogP contribution in [0.25, 0.3) is 0 Å². The van der Waals surface area contributed by atoms with Crippen LogP contribution >= 0.6 is 24.0 Å². The number of unbranched alkanes of at least 4 members (excludes halogenated alkanes) is 1. The summed E-state index contributed by atoms with van der Waals surface area (Å²) in [5.41, 5.74) is 2.32. The highest BCUT2D eigenvalue weighted by Gasteiger charge is 2.05. The second-order valence-corrected chi connectivity index (χ2v) is 7.02. The molecule has 0 fully saturated rings. The molecule has 0 spiro atoms. The second-order valence-electron chi connectivity index (χ2n) is 7.02. The largest absolute Gasteiger partial charge is 0.493 e. The summed E-state index contributed by atoms with van der Waals surface area (Å²) in [6.45, 7) is 9.85. The first-order valence-electron chi connectivity index (χ1n) is 10.5. The Morgan fingerprint density at radius 3 is 2.70 bits per heavy atom. The first kappa shape index (κ1) is 26.0. The van der Waals surface area contributed by atoms with E-state index in [2.05, 4.69) is 49.6 Å². The van der Waals surface area contributed by atoms with E-state index in [-0.39, 0.29) is 29.5 Å². The van der Waals surface area contributed by atoms with Crippen LogP contribution in [0.15, 0.2) is 52.4 Å². The summed E-state index contributed by atoms with van der Waals surface area (Å²) in [7, 11) is 0. The van der Waals surface area contributed by atoms with E-state index in [9.17, 15) is 4.79 Å². The summed E-state index contributed by atoms with van der Waals surface area (Å²) >= 11 is 0. The van der Waals surface area contributed by atoms with Gasteiger partial charge in [-0.15, -0.1) is 24.0 Å². The molecule has 0 atom stereocenters. The normalized spacial score (nSPS) is 11.0. The second kappa shape index (κ2) is 14.9. The van der Waals surface area contributed by atoms with Crippen molar-refractivity contribution in [3.8, 4) is 5.75 Å². The van der Waals surface area contributed by atoms with Crippen molar-refractivity contribution in [3.05, 3.63) is 64.1 Å². The lowest BCUT2D eigenvalue weighted by atomic mass is 10.1. The van der Waals surface area contributed by atoms with Crippen LogP contribution in [0.3, 0.4) is 0 Å². The number of aromatic nitrogens is 1. The average molecular weight is 526 g/mol. The third-order valence-corrected chi connectivity index (χ3v) is 4.45. The molecule has 0 unspecified atom stereocenters. The third-order valence-electron chi connectivity index (χ3n) is 4.45. The standard InChI is InChI=1S/C23H34N4O2.HI/c1-4-16-29-21-17-19(3)11-12-20(21)18-26-23(24-5-2)25-13-7-9-15-27-14-8-6-10-22(27)28;/h6,8,10-12,14,17H,4-5,7,9,13,15-16,18H2,1-3H3,(H2,24,25,26);1H. The van der Waals surface area contributed by atoms with E-state index in [1.807, 2.05) is 12.3 Å². The zero-order valence-electron chi connectivity index (χ0n) is 18.3. The maximum absolute atomic E-state index is 11.7. The van der Waals surface area contributed by atoms with Gasteiger partial charge in [0.05, 0.1) is 13.2 Å². The van der Waals surface area contributed by atoms with Crippen LogP contribution in [0.2, 0.25) is 0 Å². The Morgan fingerprint density at radius 2 is 1.97 bits per heavy atom. The predicted molar refractivity (Wildman–Crippen MR) is 135 cm³/mol. The van der Waals surface area contributed by atoms with Gasteiger partial charge in [-0.2, -0.15) is 0 Å². The molecule has 0 saturated heterocycles. The molecule has 2 rings (SSSR count). The number of nitrogens with zero attached hydrogens (tertiary/aromatic N) is 2. The third kappa shape index (κ3) is 9.19. The number of ether oxygens (including phenoxy) is 1. The van der Waals surface area contributed by atoms with Crippen molar-refractivity contribution < 1.29 is 4.74 Å². The minimum absolute atomic E-state index is 0. The van der Waals surface area contributed by atoms with Crippen molar-refractivity contribution in [2.75, 3.05) is 19.7 Å². The van der Waals surface area contributed by atoms with Gasteiger partial charge in [0.2, 0.25) is 5.56 Å². The van der Waals surface area contributed by atoms with Gasteiger partial charge in [0.1, 0.15) is 5.75 Å².